The van der Waals surface area contributed by atoms with Crippen LogP contribution in [0.2, 0.25) is 0 Å². The second kappa shape index (κ2) is 3.90. The first kappa shape index (κ1) is 9.98. The molecule has 0 atom stereocenters. The highest BCUT2D eigenvalue weighted by Gasteiger charge is 2.05. The highest BCUT2D eigenvalue weighted by Crippen LogP contribution is 2.08. The van der Waals surface area contributed by atoms with Crippen molar-refractivity contribution in [3.8, 4) is 0 Å². The maximum Gasteiger partial charge on any atom is 0.0832 e. The average Bonchev–Trinajstić information content (AvgIpc) is 2.74. The highest BCUT2D eigenvalue weighted by molar-refractivity contribution is 5.13. The van der Waals surface area contributed by atoms with Gasteiger partial charge in [0.1, 0.15) is 0 Å². The molecular weight excluding hydrogens is 190 g/mol. The third-order valence-electron chi connectivity index (χ3n) is 2.52. The Morgan fingerprint density at radius 2 is 2.20 bits per heavy atom. The van der Waals surface area contributed by atoms with Crippen LogP contribution in [-0.4, -0.2) is 19.5 Å². The Kier molecular flexibility index (Phi) is 2.60. The lowest BCUT2D eigenvalue weighted by Gasteiger charge is -2.07. The summed E-state index contributed by atoms with van der Waals surface area (Å²) < 4.78 is 3.90. The maximum atomic E-state index is 9.12. The minimum absolute atomic E-state index is 0.0732. The molecule has 80 valence electrons. The topological polar surface area (TPSA) is 43.0 Å². The zero-order valence-electron chi connectivity index (χ0n) is 9.01. The zero-order valence-corrected chi connectivity index (χ0v) is 9.01. The molecule has 0 spiro atoms. The average molecular weight is 205 g/mol. The van der Waals surface area contributed by atoms with Crippen LogP contribution in [0.3, 0.4) is 0 Å². The van der Waals surface area contributed by atoms with Crippen LogP contribution in [0.4, 0.5) is 0 Å². The van der Waals surface area contributed by atoms with E-state index in [1.807, 2.05) is 41.5 Å². The molecule has 0 saturated carbocycles. The van der Waals surface area contributed by atoms with Crippen molar-refractivity contribution in [2.75, 3.05) is 0 Å². The summed E-state index contributed by atoms with van der Waals surface area (Å²) >= 11 is 0. The fourth-order valence-corrected chi connectivity index (χ4v) is 1.73. The lowest BCUT2D eigenvalue weighted by molar-refractivity contribution is 0.271. The number of rotatable bonds is 3. The molecule has 4 heteroatoms. The molecule has 0 amide bonds. The number of hydrogen-bond donors (Lipinski definition) is 1. The molecule has 2 heterocycles. The summed E-state index contributed by atoms with van der Waals surface area (Å²) in [6.45, 7) is 2.80. The Bertz CT molecular complexity index is 456. The van der Waals surface area contributed by atoms with Crippen LogP contribution in [-0.2, 0) is 20.2 Å². The Morgan fingerprint density at radius 3 is 2.80 bits per heavy atom. The minimum atomic E-state index is 0.0732. The van der Waals surface area contributed by atoms with E-state index in [2.05, 4.69) is 11.2 Å². The van der Waals surface area contributed by atoms with Gasteiger partial charge in [-0.05, 0) is 25.1 Å². The molecule has 0 aromatic carbocycles. The van der Waals surface area contributed by atoms with E-state index in [9.17, 15) is 0 Å². The molecule has 1 N–H and O–H groups in total. The molecule has 0 aliphatic heterocycles. The van der Waals surface area contributed by atoms with Crippen LogP contribution < -0.4 is 0 Å². The van der Waals surface area contributed by atoms with Crippen molar-refractivity contribution < 1.29 is 5.11 Å². The SMILES string of the molecule is Cc1cc(Cn2cccc2CO)n(C)n1. The molecule has 0 bridgehead atoms. The first-order valence-corrected chi connectivity index (χ1v) is 4.95. The molecule has 0 radical (unpaired) electrons. The van der Waals surface area contributed by atoms with E-state index >= 15 is 0 Å². The van der Waals surface area contributed by atoms with Gasteiger partial charge in [-0.1, -0.05) is 0 Å². The maximum absolute atomic E-state index is 9.12. The third kappa shape index (κ3) is 1.94. The number of aromatic nitrogens is 3. The van der Waals surface area contributed by atoms with Gasteiger partial charge in [-0.15, -0.1) is 0 Å². The quantitative estimate of drug-likeness (QED) is 0.814. The Labute approximate surface area is 88.8 Å². The van der Waals surface area contributed by atoms with Gasteiger partial charge < -0.3 is 9.67 Å². The highest BCUT2D eigenvalue weighted by atomic mass is 16.3. The molecule has 2 aromatic heterocycles. The monoisotopic (exact) mass is 205 g/mol. The molecule has 0 saturated heterocycles. The third-order valence-corrected chi connectivity index (χ3v) is 2.52. The van der Waals surface area contributed by atoms with Gasteiger partial charge in [-0.2, -0.15) is 5.10 Å². The van der Waals surface area contributed by atoms with Crippen LogP contribution in [0.25, 0.3) is 0 Å². The molecule has 2 aromatic rings. The van der Waals surface area contributed by atoms with E-state index in [0.29, 0.717) is 0 Å². The Hall–Kier alpha value is -1.55. The number of hydrogen-bond acceptors (Lipinski definition) is 2. The van der Waals surface area contributed by atoms with Gasteiger partial charge in [-0.3, -0.25) is 4.68 Å². The summed E-state index contributed by atoms with van der Waals surface area (Å²) in [5, 5.41) is 13.4. The second-order valence-electron chi connectivity index (χ2n) is 3.69. The van der Waals surface area contributed by atoms with Gasteiger partial charge in [0.2, 0.25) is 0 Å². The smallest absolute Gasteiger partial charge is 0.0832 e. The van der Waals surface area contributed by atoms with Crippen LogP contribution in [0.5, 0.6) is 0 Å². The number of aryl methyl sites for hydroxylation is 2. The predicted molar refractivity (Wildman–Crippen MR) is 57.4 cm³/mol. The van der Waals surface area contributed by atoms with Gasteiger partial charge in [0.25, 0.3) is 0 Å². The molecular formula is C11H15N3O. The summed E-state index contributed by atoms with van der Waals surface area (Å²) in [4.78, 5) is 0. The Balaban J connectivity index is 2.25. The van der Waals surface area contributed by atoms with Crippen LogP contribution in [0.15, 0.2) is 24.4 Å². The van der Waals surface area contributed by atoms with Gasteiger partial charge in [0.05, 0.1) is 24.5 Å². The van der Waals surface area contributed by atoms with Crippen molar-refractivity contribution in [1.82, 2.24) is 14.3 Å². The van der Waals surface area contributed by atoms with Crippen molar-refractivity contribution >= 4 is 0 Å². The molecule has 0 fully saturated rings. The largest absolute Gasteiger partial charge is 0.390 e. The second-order valence-corrected chi connectivity index (χ2v) is 3.69. The number of nitrogens with zero attached hydrogens (tertiary/aromatic N) is 3. The van der Waals surface area contributed by atoms with Crippen molar-refractivity contribution in [3.05, 3.63) is 41.5 Å². The lowest BCUT2D eigenvalue weighted by Crippen LogP contribution is -2.07. The van der Waals surface area contributed by atoms with Gasteiger partial charge in [0, 0.05) is 18.9 Å². The van der Waals surface area contributed by atoms with E-state index < -0.39 is 0 Å². The number of aliphatic hydroxyl groups is 1. The normalized spacial score (nSPS) is 10.9. The van der Waals surface area contributed by atoms with E-state index in [4.69, 9.17) is 5.11 Å². The first-order chi connectivity index (χ1) is 7.20. The van der Waals surface area contributed by atoms with Gasteiger partial charge in [0.15, 0.2) is 0 Å². The molecule has 15 heavy (non-hydrogen) atoms. The standard InChI is InChI=1S/C11H15N3O/c1-9-6-11(13(2)12-9)7-14-5-3-4-10(14)8-15/h3-6,15H,7-8H2,1-2H3. The Morgan fingerprint density at radius 1 is 1.40 bits per heavy atom. The van der Waals surface area contributed by atoms with Crippen molar-refractivity contribution in [2.45, 2.75) is 20.1 Å². The molecule has 0 unspecified atom stereocenters. The van der Waals surface area contributed by atoms with Crippen molar-refractivity contribution in [2.24, 2.45) is 7.05 Å². The van der Waals surface area contributed by atoms with E-state index in [0.717, 1.165) is 23.6 Å². The minimum Gasteiger partial charge on any atom is -0.390 e. The van der Waals surface area contributed by atoms with Gasteiger partial charge in [-0.25, -0.2) is 0 Å². The zero-order chi connectivity index (χ0) is 10.8. The molecule has 2 rings (SSSR count). The summed E-state index contributed by atoms with van der Waals surface area (Å²) in [6, 6.07) is 5.92. The molecule has 4 nitrogen and oxygen atoms in total. The summed E-state index contributed by atoms with van der Waals surface area (Å²) in [7, 11) is 1.93. The lowest BCUT2D eigenvalue weighted by atomic mass is 10.3. The van der Waals surface area contributed by atoms with Gasteiger partial charge >= 0.3 is 0 Å². The predicted octanol–water partition coefficient (Wildman–Crippen LogP) is 1.07. The molecule has 0 aliphatic carbocycles. The van der Waals surface area contributed by atoms with Crippen LogP contribution >= 0.6 is 0 Å². The first-order valence-electron chi connectivity index (χ1n) is 4.95. The van der Waals surface area contributed by atoms with Crippen LogP contribution in [0, 0.1) is 6.92 Å². The van der Waals surface area contributed by atoms with Crippen molar-refractivity contribution in [3.63, 3.8) is 0 Å². The van der Waals surface area contributed by atoms with Crippen molar-refractivity contribution in [1.29, 1.82) is 0 Å². The van der Waals surface area contributed by atoms with Crippen LogP contribution in [0.1, 0.15) is 17.1 Å². The van der Waals surface area contributed by atoms with E-state index in [1.165, 1.54) is 0 Å². The fraction of sp³-hybridized carbons (Fsp3) is 0.364. The summed E-state index contributed by atoms with van der Waals surface area (Å²) in [5.41, 5.74) is 3.08. The fourth-order valence-electron chi connectivity index (χ4n) is 1.73. The summed E-state index contributed by atoms with van der Waals surface area (Å²) in [6.07, 6.45) is 1.97. The summed E-state index contributed by atoms with van der Waals surface area (Å²) in [5.74, 6) is 0. The number of aliphatic hydroxyl groups excluding tert-OH is 1. The van der Waals surface area contributed by atoms with E-state index in [-0.39, 0.29) is 6.61 Å². The van der Waals surface area contributed by atoms with E-state index in [1.54, 1.807) is 0 Å². The molecule has 0 aliphatic rings.